The highest BCUT2D eigenvalue weighted by Gasteiger charge is 2.30. The van der Waals surface area contributed by atoms with Crippen LogP contribution in [-0.4, -0.2) is 60.5 Å². The molecule has 0 unspecified atom stereocenters. The number of nitrogens with one attached hydrogen (secondary N) is 1. The monoisotopic (exact) mass is 425 g/mol. The first-order valence-electron chi connectivity index (χ1n) is 9.60. The molecule has 3 rings (SSSR count). The summed E-state index contributed by atoms with van der Waals surface area (Å²) in [6, 6.07) is 5.59. The Balaban J connectivity index is 1.46. The Labute approximate surface area is 173 Å². The van der Waals surface area contributed by atoms with Crippen LogP contribution in [0.5, 0.6) is 0 Å². The lowest BCUT2D eigenvalue weighted by Gasteiger charge is -2.36. The molecule has 1 saturated heterocycles. The van der Waals surface area contributed by atoms with E-state index >= 15 is 0 Å². The highest BCUT2D eigenvalue weighted by Crippen LogP contribution is 2.29. The van der Waals surface area contributed by atoms with Crippen LogP contribution >= 0.6 is 11.3 Å². The molecule has 2 heterocycles. The topological polar surface area (TPSA) is 43.8 Å². The number of halogens is 3. The zero-order valence-electron chi connectivity index (χ0n) is 16.7. The SMILES string of the molecule is CN=C(NCCc1ncc(C)s1)N1CCN(Cc2cccc(C(F)(F)F)c2)CC1. The molecule has 0 saturated carbocycles. The Kier molecular flexibility index (Phi) is 7.13. The van der Waals surface area contributed by atoms with Crippen LogP contribution in [0.1, 0.15) is 21.0 Å². The molecule has 0 bridgehead atoms. The molecular weight excluding hydrogens is 399 g/mol. The molecule has 0 atom stereocenters. The normalized spacial score (nSPS) is 16.3. The van der Waals surface area contributed by atoms with Crippen molar-refractivity contribution in [2.24, 2.45) is 4.99 Å². The summed E-state index contributed by atoms with van der Waals surface area (Å²) in [7, 11) is 1.77. The zero-order valence-corrected chi connectivity index (χ0v) is 17.5. The van der Waals surface area contributed by atoms with E-state index in [0.717, 1.165) is 56.2 Å². The maximum atomic E-state index is 12.9. The fourth-order valence-electron chi connectivity index (χ4n) is 3.35. The number of rotatable bonds is 5. The molecule has 1 aliphatic heterocycles. The van der Waals surface area contributed by atoms with Crippen LogP contribution in [0.15, 0.2) is 35.5 Å². The Hall–Kier alpha value is -2.13. The van der Waals surface area contributed by atoms with Gasteiger partial charge in [-0.15, -0.1) is 11.3 Å². The standard InChI is InChI=1S/C20H26F3N5S/c1-15-13-26-18(29-15)6-7-25-19(24-2)28-10-8-27(9-11-28)14-16-4-3-5-17(12-16)20(21,22)23/h3-5,12-13H,6-11,14H2,1-2H3,(H,24,25). The van der Waals surface area contributed by atoms with Crippen molar-refractivity contribution in [2.75, 3.05) is 39.8 Å². The summed E-state index contributed by atoms with van der Waals surface area (Å²) in [6.07, 6.45) is -1.56. The van der Waals surface area contributed by atoms with Crippen molar-refractivity contribution in [3.8, 4) is 0 Å². The van der Waals surface area contributed by atoms with Gasteiger partial charge in [0.2, 0.25) is 0 Å². The smallest absolute Gasteiger partial charge is 0.356 e. The van der Waals surface area contributed by atoms with Gasteiger partial charge in [-0.25, -0.2) is 4.98 Å². The van der Waals surface area contributed by atoms with Gasteiger partial charge < -0.3 is 10.2 Å². The molecule has 29 heavy (non-hydrogen) atoms. The molecule has 5 nitrogen and oxygen atoms in total. The molecule has 1 N–H and O–H groups in total. The zero-order chi connectivity index (χ0) is 20.9. The van der Waals surface area contributed by atoms with Crippen molar-refractivity contribution in [1.82, 2.24) is 20.1 Å². The molecule has 1 aliphatic rings. The van der Waals surface area contributed by atoms with Crippen LogP contribution in [0.25, 0.3) is 0 Å². The molecular formula is C20H26F3N5S. The van der Waals surface area contributed by atoms with Crippen LogP contribution in [-0.2, 0) is 19.1 Å². The molecule has 0 aliphatic carbocycles. The molecule has 0 radical (unpaired) electrons. The summed E-state index contributed by atoms with van der Waals surface area (Å²) in [5.74, 6) is 0.858. The Morgan fingerprint density at radius 1 is 1.24 bits per heavy atom. The lowest BCUT2D eigenvalue weighted by molar-refractivity contribution is -0.137. The number of aliphatic imine (C=N–C) groups is 1. The molecule has 0 spiro atoms. The van der Waals surface area contributed by atoms with E-state index in [2.05, 4.69) is 25.1 Å². The second-order valence-corrected chi connectivity index (χ2v) is 8.37. The molecule has 2 aromatic rings. The number of alkyl halides is 3. The summed E-state index contributed by atoms with van der Waals surface area (Å²) in [5, 5.41) is 4.49. The third-order valence-electron chi connectivity index (χ3n) is 4.84. The number of aromatic nitrogens is 1. The van der Waals surface area contributed by atoms with Crippen LogP contribution in [0.2, 0.25) is 0 Å². The van der Waals surface area contributed by atoms with Gasteiger partial charge in [-0.05, 0) is 18.6 Å². The summed E-state index contributed by atoms with van der Waals surface area (Å²) < 4.78 is 38.7. The molecule has 0 amide bonds. The number of benzene rings is 1. The highest BCUT2D eigenvalue weighted by atomic mass is 32.1. The lowest BCUT2D eigenvalue weighted by atomic mass is 10.1. The third kappa shape index (κ3) is 6.17. The van der Waals surface area contributed by atoms with Gasteiger partial charge >= 0.3 is 6.18 Å². The molecule has 1 aromatic heterocycles. The van der Waals surface area contributed by atoms with E-state index in [-0.39, 0.29) is 0 Å². The number of guanidine groups is 1. The number of hydrogen-bond donors (Lipinski definition) is 1. The number of aryl methyl sites for hydroxylation is 1. The van der Waals surface area contributed by atoms with Crippen molar-refractivity contribution >= 4 is 17.3 Å². The number of nitrogens with zero attached hydrogens (tertiary/aromatic N) is 4. The predicted octanol–water partition coefficient (Wildman–Crippen LogP) is 3.41. The van der Waals surface area contributed by atoms with Gasteiger partial charge in [0.05, 0.1) is 10.6 Å². The van der Waals surface area contributed by atoms with E-state index in [1.54, 1.807) is 24.5 Å². The quantitative estimate of drug-likeness (QED) is 0.589. The third-order valence-corrected chi connectivity index (χ3v) is 5.81. The van der Waals surface area contributed by atoms with Crippen LogP contribution < -0.4 is 5.32 Å². The number of piperazine rings is 1. The van der Waals surface area contributed by atoms with Crippen molar-refractivity contribution < 1.29 is 13.2 Å². The van der Waals surface area contributed by atoms with E-state index in [1.807, 2.05) is 13.1 Å². The average molecular weight is 426 g/mol. The largest absolute Gasteiger partial charge is 0.416 e. The predicted molar refractivity (Wildman–Crippen MR) is 110 cm³/mol. The van der Waals surface area contributed by atoms with Gasteiger partial charge in [0, 0.05) is 63.8 Å². The Bertz CT molecular complexity index is 826. The lowest BCUT2D eigenvalue weighted by Crippen LogP contribution is -2.52. The van der Waals surface area contributed by atoms with Gasteiger partial charge in [0.1, 0.15) is 0 Å². The van der Waals surface area contributed by atoms with Gasteiger partial charge in [-0.1, -0.05) is 18.2 Å². The summed E-state index contributed by atoms with van der Waals surface area (Å²) >= 11 is 1.70. The van der Waals surface area contributed by atoms with Gasteiger partial charge in [-0.2, -0.15) is 13.2 Å². The second-order valence-electron chi connectivity index (χ2n) is 7.05. The maximum absolute atomic E-state index is 12.9. The minimum Gasteiger partial charge on any atom is -0.356 e. The summed E-state index contributed by atoms with van der Waals surface area (Å²) in [5.41, 5.74) is 0.100. The molecule has 158 valence electrons. The van der Waals surface area contributed by atoms with Crippen molar-refractivity contribution in [1.29, 1.82) is 0 Å². The summed E-state index contributed by atoms with van der Waals surface area (Å²) in [4.78, 5) is 14.3. The van der Waals surface area contributed by atoms with Crippen LogP contribution in [0.4, 0.5) is 13.2 Å². The first kappa shape index (κ1) is 21.6. The first-order valence-corrected chi connectivity index (χ1v) is 10.4. The molecule has 1 aromatic carbocycles. The Morgan fingerprint density at radius 2 is 2.00 bits per heavy atom. The van der Waals surface area contributed by atoms with E-state index < -0.39 is 11.7 Å². The van der Waals surface area contributed by atoms with Gasteiger partial charge in [0.25, 0.3) is 0 Å². The molecule has 1 fully saturated rings. The number of thiazole rings is 1. The highest BCUT2D eigenvalue weighted by molar-refractivity contribution is 7.11. The second kappa shape index (κ2) is 9.58. The minimum absolute atomic E-state index is 0.521. The first-order chi connectivity index (χ1) is 13.8. The van der Waals surface area contributed by atoms with Gasteiger partial charge in [-0.3, -0.25) is 9.89 Å². The molecule has 9 heteroatoms. The number of hydrogen-bond acceptors (Lipinski definition) is 4. The van der Waals surface area contributed by atoms with E-state index in [9.17, 15) is 13.2 Å². The minimum atomic E-state index is -4.30. The maximum Gasteiger partial charge on any atom is 0.416 e. The van der Waals surface area contributed by atoms with E-state index in [4.69, 9.17) is 0 Å². The average Bonchev–Trinajstić information content (AvgIpc) is 3.11. The van der Waals surface area contributed by atoms with Crippen molar-refractivity contribution in [3.05, 3.63) is 51.5 Å². The van der Waals surface area contributed by atoms with E-state index in [0.29, 0.717) is 12.1 Å². The van der Waals surface area contributed by atoms with Gasteiger partial charge in [0.15, 0.2) is 5.96 Å². The van der Waals surface area contributed by atoms with E-state index in [1.165, 1.54) is 17.0 Å². The van der Waals surface area contributed by atoms with Crippen molar-refractivity contribution in [2.45, 2.75) is 26.1 Å². The van der Waals surface area contributed by atoms with Crippen molar-refractivity contribution in [3.63, 3.8) is 0 Å². The van der Waals surface area contributed by atoms with Crippen LogP contribution in [0.3, 0.4) is 0 Å². The van der Waals surface area contributed by atoms with Crippen LogP contribution in [0, 0.1) is 6.92 Å². The summed E-state index contributed by atoms with van der Waals surface area (Å²) in [6.45, 7) is 6.47. The fourth-order valence-corrected chi connectivity index (χ4v) is 4.14. The Morgan fingerprint density at radius 3 is 2.62 bits per heavy atom. The fraction of sp³-hybridized carbons (Fsp3) is 0.500.